The van der Waals surface area contributed by atoms with Crippen LogP contribution in [0, 0.1) is 0 Å². The van der Waals surface area contributed by atoms with Crippen LogP contribution >= 0.6 is 11.6 Å². The molecule has 0 aromatic heterocycles. The Kier molecular flexibility index (Phi) is 7.43. The van der Waals surface area contributed by atoms with Crippen LogP contribution < -0.4 is 16.4 Å². The molecule has 0 radical (unpaired) electrons. The van der Waals surface area contributed by atoms with E-state index in [1.807, 2.05) is 48.5 Å². The molecule has 0 aliphatic rings. The normalized spacial score (nSPS) is 10.3. The number of nitrogens with one attached hydrogen (secondary N) is 2. The van der Waals surface area contributed by atoms with Crippen molar-refractivity contribution < 1.29 is 14.3 Å². The lowest BCUT2D eigenvalue weighted by molar-refractivity contribution is -0.115. The number of benzene rings is 3. The van der Waals surface area contributed by atoms with Crippen molar-refractivity contribution in [2.45, 2.75) is 19.6 Å². The van der Waals surface area contributed by atoms with Gasteiger partial charge in [0.15, 0.2) is 0 Å². The van der Waals surface area contributed by atoms with Crippen molar-refractivity contribution >= 4 is 35.0 Å². The number of ether oxygens (including phenoxy) is 1. The third kappa shape index (κ3) is 6.62. The Labute approximate surface area is 180 Å². The van der Waals surface area contributed by atoms with Crippen molar-refractivity contribution in [3.05, 3.63) is 94.5 Å². The van der Waals surface area contributed by atoms with Crippen LogP contribution in [0.25, 0.3) is 0 Å². The fraction of sp³-hybridized carbons (Fsp3) is 0.130. The second kappa shape index (κ2) is 10.4. The Morgan fingerprint density at radius 2 is 1.57 bits per heavy atom. The van der Waals surface area contributed by atoms with Crippen LogP contribution in [-0.4, -0.2) is 12.0 Å². The number of carbonyl (C=O) groups is 2. The summed E-state index contributed by atoms with van der Waals surface area (Å²) in [6.07, 6.45) is -0.503. The number of carbonyl (C=O) groups excluding carboxylic acids is 2. The highest BCUT2D eigenvalue weighted by Gasteiger charge is 2.10. The fourth-order valence-electron chi connectivity index (χ4n) is 2.87. The molecule has 3 aromatic rings. The predicted molar refractivity (Wildman–Crippen MR) is 118 cm³/mol. The molecular formula is C23H22ClN3O3. The average molecular weight is 424 g/mol. The maximum absolute atomic E-state index is 12.4. The zero-order valence-electron chi connectivity index (χ0n) is 16.2. The molecule has 30 heavy (non-hydrogen) atoms. The van der Waals surface area contributed by atoms with Gasteiger partial charge in [0.2, 0.25) is 5.91 Å². The minimum absolute atomic E-state index is 0.0984. The molecule has 2 amide bonds. The minimum atomic E-state index is -0.602. The van der Waals surface area contributed by atoms with E-state index in [9.17, 15) is 9.59 Å². The van der Waals surface area contributed by atoms with Crippen LogP contribution in [0.2, 0.25) is 5.02 Å². The summed E-state index contributed by atoms with van der Waals surface area (Å²) in [5.74, 6) is -0.205. The highest BCUT2D eigenvalue weighted by molar-refractivity contribution is 6.31. The summed E-state index contributed by atoms with van der Waals surface area (Å²) in [6, 6.07) is 21.7. The summed E-state index contributed by atoms with van der Waals surface area (Å²) in [5.41, 5.74) is 9.23. The van der Waals surface area contributed by atoms with Crippen LogP contribution in [-0.2, 0) is 29.1 Å². The monoisotopic (exact) mass is 423 g/mol. The summed E-state index contributed by atoms with van der Waals surface area (Å²) >= 11 is 6.15. The molecule has 154 valence electrons. The number of nitrogens with two attached hydrogens (primary N) is 1. The van der Waals surface area contributed by atoms with Crippen molar-refractivity contribution in [3.63, 3.8) is 0 Å². The molecule has 7 heteroatoms. The van der Waals surface area contributed by atoms with Gasteiger partial charge in [-0.3, -0.25) is 10.1 Å². The third-order valence-electron chi connectivity index (χ3n) is 4.23. The smallest absolute Gasteiger partial charge is 0.411 e. The lowest BCUT2D eigenvalue weighted by Crippen LogP contribution is -2.16. The second-order valence-electron chi connectivity index (χ2n) is 6.66. The first kappa shape index (κ1) is 21.4. The van der Waals surface area contributed by atoms with Gasteiger partial charge >= 0.3 is 6.09 Å². The first-order chi connectivity index (χ1) is 14.5. The molecular weight excluding hydrogens is 402 g/mol. The summed E-state index contributed by atoms with van der Waals surface area (Å²) in [6.45, 7) is 0.553. The van der Waals surface area contributed by atoms with E-state index in [0.29, 0.717) is 28.5 Å². The predicted octanol–water partition coefficient (Wildman–Crippen LogP) is 4.73. The number of hydrogen-bond donors (Lipinski definition) is 3. The number of rotatable bonds is 7. The molecule has 0 saturated heterocycles. The lowest BCUT2D eigenvalue weighted by Gasteiger charge is -2.10. The van der Waals surface area contributed by atoms with E-state index in [0.717, 1.165) is 11.1 Å². The molecule has 0 bridgehead atoms. The third-order valence-corrected chi connectivity index (χ3v) is 4.45. The number of anilines is 2. The zero-order valence-corrected chi connectivity index (χ0v) is 17.0. The van der Waals surface area contributed by atoms with Crippen LogP contribution in [0.5, 0.6) is 0 Å². The van der Waals surface area contributed by atoms with Crippen molar-refractivity contribution in [2.24, 2.45) is 5.73 Å². The van der Waals surface area contributed by atoms with Gasteiger partial charge in [-0.1, -0.05) is 54.1 Å². The molecule has 3 rings (SSSR count). The summed E-state index contributed by atoms with van der Waals surface area (Å²) < 4.78 is 5.21. The Morgan fingerprint density at radius 1 is 0.833 bits per heavy atom. The number of halogens is 1. The molecule has 0 aliphatic carbocycles. The number of amides is 2. The van der Waals surface area contributed by atoms with E-state index in [4.69, 9.17) is 22.1 Å². The molecule has 0 aliphatic heterocycles. The largest absolute Gasteiger partial charge is 0.444 e. The van der Waals surface area contributed by atoms with Gasteiger partial charge in [-0.15, -0.1) is 0 Å². The van der Waals surface area contributed by atoms with Gasteiger partial charge in [-0.2, -0.15) is 0 Å². The molecule has 0 fully saturated rings. The Balaban J connectivity index is 1.58. The van der Waals surface area contributed by atoms with Gasteiger partial charge in [0.1, 0.15) is 6.61 Å². The van der Waals surface area contributed by atoms with Crippen LogP contribution in [0.1, 0.15) is 16.7 Å². The number of hydrogen-bond acceptors (Lipinski definition) is 4. The van der Waals surface area contributed by atoms with E-state index in [2.05, 4.69) is 10.6 Å². The maximum Gasteiger partial charge on any atom is 0.411 e. The maximum atomic E-state index is 12.4. The minimum Gasteiger partial charge on any atom is -0.444 e. The molecule has 0 heterocycles. The summed E-state index contributed by atoms with van der Waals surface area (Å²) in [5, 5.41) is 5.88. The first-order valence-corrected chi connectivity index (χ1v) is 9.75. The molecule has 0 spiro atoms. The van der Waals surface area contributed by atoms with Gasteiger partial charge in [-0.05, 0) is 47.0 Å². The topological polar surface area (TPSA) is 93.5 Å². The SMILES string of the molecule is NCc1cccc(NC(=O)Cc2cc(Cl)cc(NC(=O)OCc3ccccc3)c2)c1. The molecule has 3 aromatic carbocycles. The summed E-state index contributed by atoms with van der Waals surface area (Å²) in [4.78, 5) is 24.5. The highest BCUT2D eigenvalue weighted by Crippen LogP contribution is 2.20. The van der Waals surface area contributed by atoms with Gasteiger partial charge in [0.25, 0.3) is 0 Å². The van der Waals surface area contributed by atoms with Crippen molar-refractivity contribution in [3.8, 4) is 0 Å². The van der Waals surface area contributed by atoms with Crippen molar-refractivity contribution in [2.75, 3.05) is 10.6 Å². The highest BCUT2D eigenvalue weighted by atomic mass is 35.5. The van der Waals surface area contributed by atoms with Gasteiger partial charge in [0, 0.05) is 22.9 Å². The van der Waals surface area contributed by atoms with Crippen molar-refractivity contribution in [1.82, 2.24) is 0 Å². The van der Waals surface area contributed by atoms with Gasteiger partial charge in [0.05, 0.1) is 6.42 Å². The van der Waals surface area contributed by atoms with Crippen LogP contribution in [0.3, 0.4) is 0 Å². The van der Waals surface area contributed by atoms with E-state index in [1.54, 1.807) is 24.3 Å². The lowest BCUT2D eigenvalue weighted by atomic mass is 10.1. The van der Waals surface area contributed by atoms with Gasteiger partial charge in [-0.25, -0.2) is 4.79 Å². The van der Waals surface area contributed by atoms with E-state index >= 15 is 0 Å². The van der Waals surface area contributed by atoms with Crippen molar-refractivity contribution in [1.29, 1.82) is 0 Å². The molecule has 0 unspecified atom stereocenters. The summed E-state index contributed by atoms with van der Waals surface area (Å²) in [7, 11) is 0. The van der Waals surface area contributed by atoms with Crippen LogP contribution in [0.4, 0.5) is 16.2 Å². The standard InChI is InChI=1S/C23H22ClN3O3/c24-19-9-18(12-22(28)26-20-8-4-7-17(10-20)14-25)11-21(13-19)27-23(29)30-15-16-5-2-1-3-6-16/h1-11,13H,12,14-15,25H2,(H,26,28)(H,27,29). The molecule has 4 N–H and O–H groups in total. The molecule has 6 nitrogen and oxygen atoms in total. The quantitative estimate of drug-likeness (QED) is 0.512. The first-order valence-electron chi connectivity index (χ1n) is 9.38. The molecule has 0 atom stereocenters. The van der Waals surface area contributed by atoms with E-state index in [-0.39, 0.29) is 18.9 Å². The second-order valence-corrected chi connectivity index (χ2v) is 7.10. The van der Waals surface area contributed by atoms with E-state index < -0.39 is 6.09 Å². The zero-order chi connectivity index (χ0) is 21.3. The van der Waals surface area contributed by atoms with Gasteiger partial charge < -0.3 is 15.8 Å². The van der Waals surface area contributed by atoms with E-state index in [1.165, 1.54) is 0 Å². The Morgan fingerprint density at radius 3 is 2.33 bits per heavy atom. The Bertz CT molecular complexity index is 1030. The van der Waals surface area contributed by atoms with Crippen LogP contribution in [0.15, 0.2) is 72.8 Å². The molecule has 0 saturated carbocycles. The fourth-order valence-corrected chi connectivity index (χ4v) is 3.13. The average Bonchev–Trinajstić information content (AvgIpc) is 2.72. The Hall–Kier alpha value is -3.35.